The normalized spacial score (nSPS) is 15.3. The molecule has 0 fully saturated rings. The van der Waals surface area contributed by atoms with Gasteiger partial charge in [-0.3, -0.25) is 19.2 Å². The molecule has 0 saturated carbocycles. The van der Waals surface area contributed by atoms with Gasteiger partial charge in [-0.05, 0) is 24.6 Å². The van der Waals surface area contributed by atoms with Gasteiger partial charge >= 0.3 is 5.97 Å². The number of nitrogens with two attached hydrogens (primary N) is 1. The number of aromatic nitrogens is 2. The number of aliphatic hydroxyl groups is 2. The number of amides is 4. The fraction of sp³-hybridized carbons (Fsp3) is 0.440. The second-order valence-electron chi connectivity index (χ2n) is 9.37. The van der Waals surface area contributed by atoms with E-state index in [0.29, 0.717) is 11.3 Å². The average molecular weight is 610 g/mol. The summed E-state index contributed by atoms with van der Waals surface area (Å²) >= 11 is 4.04. The first-order valence-corrected chi connectivity index (χ1v) is 13.3. The molecule has 0 saturated heterocycles. The minimum absolute atomic E-state index is 0.0318. The summed E-state index contributed by atoms with van der Waals surface area (Å²) in [6.45, 7) is 0.387. The highest BCUT2D eigenvalue weighted by molar-refractivity contribution is 7.80. The Hall–Kier alpha value is -4.19. The number of hydrogen-bond acceptors (Lipinski definition) is 11. The van der Waals surface area contributed by atoms with E-state index in [2.05, 4.69) is 43.9 Å². The Bertz CT molecular complexity index is 1210. The lowest BCUT2D eigenvalue weighted by Gasteiger charge is -2.25. The highest BCUT2D eigenvalue weighted by atomic mass is 32.1. The van der Waals surface area contributed by atoms with E-state index in [1.165, 1.54) is 43.7 Å². The van der Waals surface area contributed by atoms with E-state index in [4.69, 9.17) is 5.73 Å². The zero-order valence-corrected chi connectivity index (χ0v) is 23.5. The number of carbonyl (C=O) groups excluding carboxylic acids is 4. The monoisotopic (exact) mass is 609 g/mol. The van der Waals surface area contributed by atoms with Crippen molar-refractivity contribution in [2.75, 3.05) is 12.4 Å². The Balaban J connectivity index is 2.11. The molecule has 2 aromatic rings. The number of phenolic OH excluding ortho intramolecular Hbond substituents is 1. The van der Waals surface area contributed by atoms with Gasteiger partial charge in [-0.15, -0.1) is 0 Å². The number of imidazole rings is 1. The third-order valence-corrected chi connectivity index (χ3v) is 6.42. The van der Waals surface area contributed by atoms with Crippen molar-refractivity contribution in [3.63, 3.8) is 0 Å². The number of rotatable bonds is 16. The van der Waals surface area contributed by atoms with Crippen LogP contribution in [0.15, 0.2) is 36.8 Å². The highest BCUT2D eigenvalue weighted by Gasteiger charge is 2.32. The number of hydrogen-bond donors (Lipinski definition) is 11. The van der Waals surface area contributed by atoms with Crippen molar-refractivity contribution in [3.8, 4) is 5.75 Å². The van der Waals surface area contributed by atoms with E-state index < -0.39 is 72.5 Å². The predicted octanol–water partition coefficient (Wildman–Crippen LogP) is -3.45. The summed E-state index contributed by atoms with van der Waals surface area (Å²) in [6.07, 6.45) is 1.28. The van der Waals surface area contributed by atoms with Gasteiger partial charge in [-0.1, -0.05) is 12.1 Å². The Labute approximate surface area is 245 Å². The van der Waals surface area contributed by atoms with Gasteiger partial charge in [0.1, 0.15) is 36.0 Å². The van der Waals surface area contributed by atoms with Crippen LogP contribution in [0.3, 0.4) is 0 Å². The number of aliphatic hydroxyl groups excluding tert-OH is 2. The van der Waals surface area contributed by atoms with Crippen molar-refractivity contribution < 1.29 is 44.4 Å². The first-order valence-electron chi connectivity index (χ1n) is 12.7. The van der Waals surface area contributed by atoms with E-state index in [1.807, 2.05) is 0 Å². The maximum atomic E-state index is 13.1. The van der Waals surface area contributed by atoms with E-state index in [1.54, 1.807) is 0 Å². The van der Waals surface area contributed by atoms with Gasteiger partial charge in [-0.25, -0.2) is 9.78 Å². The molecule has 0 bridgehead atoms. The van der Waals surface area contributed by atoms with Crippen LogP contribution in [0.25, 0.3) is 0 Å². The van der Waals surface area contributed by atoms with Crippen LogP contribution in [-0.4, -0.2) is 109 Å². The SMILES string of the molecule is C[C@@H](O)[C@H](N)C(=O)N[C@@H](Cc1ccc(O)cc1)C(=O)N[C@@H](CO)C(=O)N[C@@H](CS)C(=O)N[C@@H](Cc1cnc[nH]1)C(=O)O. The number of phenols is 1. The largest absolute Gasteiger partial charge is 0.508 e. The minimum Gasteiger partial charge on any atom is -0.508 e. The van der Waals surface area contributed by atoms with Gasteiger partial charge in [0.25, 0.3) is 0 Å². The molecule has 0 aliphatic heterocycles. The number of carboxylic acid groups (broad SMARTS) is 1. The summed E-state index contributed by atoms with van der Waals surface area (Å²) < 4.78 is 0. The molecule has 42 heavy (non-hydrogen) atoms. The Morgan fingerprint density at radius 3 is 1.98 bits per heavy atom. The van der Waals surface area contributed by atoms with Gasteiger partial charge in [0.15, 0.2) is 0 Å². The molecule has 0 radical (unpaired) electrons. The van der Waals surface area contributed by atoms with E-state index in [-0.39, 0.29) is 24.3 Å². The first-order chi connectivity index (χ1) is 19.9. The van der Waals surface area contributed by atoms with Gasteiger partial charge in [0, 0.05) is 30.5 Å². The molecule has 4 amide bonds. The number of nitrogens with zero attached hydrogens (tertiary/aromatic N) is 1. The number of thiol groups is 1. The van der Waals surface area contributed by atoms with Crippen LogP contribution < -0.4 is 27.0 Å². The molecule has 0 aliphatic rings. The molecule has 1 aromatic carbocycles. The van der Waals surface area contributed by atoms with Crippen LogP contribution in [0, 0.1) is 0 Å². The molecule has 16 nitrogen and oxygen atoms in total. The maximum Gasteiger partial charge on any atom is 0.326 e. The van der Waals surface area contributed by atoms with E-state index in [9.17, 15) is 44.4 Å². The zero-order valence-electron chi connectivity index (χ0n) is 22.6. The molecule has 1 aromatic heterocycles. The zero-order chi connectivity index (χ0) is 31.4. The van der Waals surface area contributed by atoms with Gasteiger partial charge in [-0.2, -0.15) is 12.6 Å². The molecule has 2 rings (SSSR count). The fourth-order valence-corrected chi connectivity index (χ4v) is 3.84. The Morgan fingerprint density at radius 1 is 0.905 bits per heavy atom. The number of benzene rings is 1. The lowest BCUT2D eigenvalue weighted by atomic mass is 10.0. The third-order valence-electron chi connectivity index (χ3n) is 6.06. The summed E-state index contributed by atoms with van der Waals surface area (Å²) in [5.74, 6) is -5.24. The number of aromatic hydroxyl groups is 1. The molecule has 17 heteroatoms. The Kier molecular flexibility index (Phi) is 13.2. The number of carboxylic acids is 1. The smallest absolute Gasteiger partial charge is 0.326 e. The van der Waals surface area contributed by atoms with Crippen molar-refractivity contribution in [2.45, 2.75) is 56.1 Å². The number of aliphatic carboxylic acids is 1. The van der Waals surface area contributed by atoms with Crippen LogP contribution in [0.2, 0.25) is 0 Å². The summed E-state index contributed by atoms with van der Waals surface area (Å²) in [5, 5.41) is 47.8. The molecule has 0 spiro atoms. The van der Waals surface area contributed by atoms with Gasteiger partial charge in [0.05, 0.1) is 19.0 Å². The average Bonchev–Trinajstić information content (AvgIpc) is 3.47. The second-order valence-corrected chi connectivity index (χ2v) is 9.73. The van der Waals surface area contributed by atoms with E-state index in [0.717, 1.165) is 0 Å². The Morgan fingerprint density at radius 2 is 1.45 bits per heavy atom. The molecule has 0 unspecified atom stereocenters. The molecule has 6 atom stereocenters. The van der Waals surface area contributed by atoms with Crippen molar-refractivity contribution in [1.29, 1.82) is 0 Å². The highest BCUT2D eigenvalue weighted by Crippen LogP contribution is 2.12. The lowest BCUT2D eigenvalue weighted by molar-refractivity contribution is -0.142. The van der Waals surface area contributed by atoms with Crippen LogP contribution in [0.5, 0.6) is 5.75 Å². The summed E-state index contributed by atoms with van der Waals surface area (Å²) in [5.41, 5.74) is 6.63. The van der Waals surface area contributed by atoms with Crippen LogP contribution in [-0.2, 0) is 36.8 Å². The first kappa shape index (κ1) is 34.0. The molecule has 230 valence electrons. The third kappa shape index (κ3) is 10.3. The number of carbonyl (C=O) groups is 5. The topological polar surface area (TPSA) is 269 Å². The predicted molar refractivity (Wildman–Crippen MR) is 150 cm³/mol. The number of H-pyrrole nitrogens is 1. The summed E-state index contributed by atoms with van der Waals surface area (Å²) in [7, 11) is 0. The van der Waals surface area contributed by atoms with Crippen molar-refractivity contribution in [2.24, 2.45) is 5.73 Å². The molecule has 1 heterocycles. The number of nitrogens with one attached hydrogen (secondary N) is 5. The quantitative estimate of drug-likeness (QED) is 0.0833. The van der Waals surface area contributed by atoms with Crippen LogP contribution in [0.1, 0.15) is 18.2 Å². The maximum absolute atomic E-state index is 13.1. The molecule has 11 N–H and O–H groups in total. The summed E-state index contributed by atoms with van der Waals surface area (Å²) in [4.78, 5) is 69.4. The minimum atomic E-state index is -1.59. The number of aromatic amines is 1. The molecular weight excluding hydrogens is 574 g/mol. The fourth-order valence-electron chi connectivity index (χ4n) is 3.59. The van der Waals surface area contributed by atoms with Crippen LogP contribution >= 0.6 is 12.6 Å². The van der Waals surface area contributed by atoms with E-state index >= 15 is 0 Å². The molecule has 0 aliphatic carbocycles. The van der Waals surface area contributed by atoms with Gasteiger partial charge in [0.2, 0.25) is 23.6 Å². The second kappa shape index (κ2) is 16.3. The van der Waals surface area contributed by atoms with Crippen molar-refractivity contribution >= 4 is 42.2 Å². The van der Waals surface area contributed by atoms with Crippen molar-refractivity contribution in [1.82, 2.24) is 31.2 Å². The molecular formula is C25H35N7O9S. The van der Waals surface area contributed by atoms with Crippen molar-refractivity contribution in [3.05, 3.63) is 48.0 Å². The summed E-state index contributed by atoms with van der Waals surface area (Å²) in [6, 6.07) is -1.24. The lowest BCUT2D eigenvalue weighted by Crippen LogP contribution is -2.60. The van der Waals surface area contributed by atoms with Gasteiger partial charge < -0.3 is 52.4 Å². The van der Waals surface area contributed by atoms with Crippen LogP contribution in [0.4, 0.5) is 0 Å². The standard InChI is InChI=1S/C25H35N7O9S/c1-12(34)20(26)24(39)29-16(6-13-2-4-15(35)5-3-13)21(36)31-18(9-33)22(37)32-19(10-42)23(38)30-17(25(40)41)7-14-8-27-11-28-14/h2-5,8,11-12,16-20,33-35,42H,6-7,9-10,26H2,1H3,(H,27,28)(H,29,39)(H,30,38)(H,31,36)(H,32,37)(H,40,41)/t12-,16+,17+,18+,19+,20+/m1/s1.